The molecule has 92 valence electrons. The summed E-state index contributed by atoms with van der Waals surface area (Å²) in [6.45, 7) is 1.56. The van der Waals surface area contributed by atoms with Gasteiger partial charge in [-0.3, -0.25) is 4.79 Å². The van der Waals surface area contributed by atoms with Crippen LogP contribution >= 0.6 is 0 Å². The number of hydrogen-bond acceptors (Lipinski definition) is 4. The third-order valence-electron chi connectivity index (χ3n) is 2.25. The molecule has 1 aromatic carbocycles. The second-order valence-corrected chi connectivity index (χ2v) is 3.48. The average Bonchev–Trinajstić information content (AvgIpc) is 2.27. The van der Waals surface area contributed by atoms with Gasteiger partial charge >= 0.3 is 5.97 Å². The molecule has 17 heavy (non-hydrogen) atoms. The molecule has 0 aliphatic heterocycles. The van der Waals surface area contributed by atoms with Gasteiger partial charge in [0.05, 0.1) is 11.3 Å². The number of amides is 1. The Kier molecular flexibility index (Phi) is 4.06. The molecule has 6 heteroatoms. The van der Waals surface area contributed by atoms with Crippen molar-refractivity contribution in [3.63, 3.8) is 0 Å². The third-order valence-corrected chi connectivity index (χ3v) is 2.25. The highest BCUT2D eigenvalue weighted by Gasteiger charge is 2.16. The standard InChI is InChI=1S/C11H14N2O4/c1-6(17-2)10(14)13-9-5-7(12)3-4-8(9)11(15)16/h3-6H,12H2,1-2H3,(H,13,14)(H,15,16). The predicted molar refractivity (Wildman–Crippen MR) is 62.9 cm³/mol. The van der Waals surface area contributed by atoms with Crippen LogP contribution in [-0.4, -0.2) is 30.2 Å². The van der Waals surface area contributed by atoms with Gasteiger partial charge in [-0.15, -0.1) is 0 Å². The normalized spacial score (nSPS) is 11.9. The van der Waals surface area contributed by atoms with E-state index in [9.17, 15) is 9.59 Å². The summed E-state index contributed by atoms with van der Waals surface area (Å²) in [6, 6.07) is 4.19. The van der Waals surface area contributed by atoms with Gasteiger partial charge in [0, 0.05) is 12.8 Å². The summed E-state index contributed by atoms with van der Waals surface area (Å²) < 4.78 is 4.82. The number of nitrogens with one attached hydrogen (secondary N) is 1. The fourth-order valence-electron chi connectivity index (χ4n) is 1.19. The van der Waals surface area contributed by atoms with E-state index in [-0.39, 0.29) is 11.3 Å². The van der Waals surface area contributed by atoms with Gasteiger partial charge in [-0.05, 0) is 25.1 Å². The topological polar surface area (TPSA) is 102 Å². The SMILES string of the molecule is COC(C)C(=O)Nc1cc(N)ccc1C(=O)O. The summed E-state index contributed by atoms with van der Waals surface area (Å²) in [7, 11) is 1.39. The van der Waals surface area contributed by atoms with Crippen molar-refractivity contribution in [3.05, 3.63) is 23.8 Å². The van der Waals surface area contributed by atoms with Crippen LogP contribution in [0.5, 0.6) is 0 Å². The van der Waals surface area contributed by atoms with Gasteiger partial charge in [-0.1, -0.05) is 0 Å². The van der Waals surface area contributed by atoms with Gasteiger partial charge in [0.15, 0.2) is 0 Å². The summed E-state index contributed by atoms with van der Waals surface area (Å²) >= 11 is 0. The van der Waals surface area contributed by atoms with E-state index in [0.717, 1.165) is 0 Å². The van der Waals surface area contributed by atoms with Crippen molar-refractivity contribution in [2.45, 2.75) is 13.0 Å². The molecule has 1 unspecified atom stereocenters. The second-order valence-electron chi connectivity index (χ2n) is 3.48. The Hall–Kier alpha value is -2.08. The molecule has 1 aromatic rings. The summed E-state index contributed by atoms with van der Waals surface area (Å²) in [5.74, 6) is -1.56. The Morgan fingerprint density at radius 3 is 2.65 bits per heavy atom. The Labute approximate surface area is 98.4 Å². The number of nitrogen functional groups attached to an aromatic ring is 1. The summed E-state index contributed by atoms with van der Waals surface area (Å²) in [5, 5.41) is 11.4. The fourth-order valence-corrected chi connectivity index (χ4v) is 1.19. The highest BCUT2D eigenvalue weighted by atomic mass is 16.5. The molecule has 0 aliphatic rings. The number of anilines is 2. The molecule has 0 aromatic heterocycles. The fraction of sp³-hybridized carbons (Fsp3) is 0.273. The van der Waals surface area contributed by atoms with Crippen molar-refractivity contribution in [1.29, 1.82) is 0 Å². The first-order valence-electron chi connectivity index (χ1n) is 4.92. The summed E-state index contributed by atoms with van der Waals surface area (Å²) in [6.07, 6.45) is -0.668. The molecule has 0 fully saturated rings. The maximum atomic E-state index is 11.6. The van der Waals surface area contributed by atoms with Crippen LogP contribution in [-0.2, 0) is 9.53 Å². The Morgan fingerprint density at radius 2 is 2.12 bits per heavy atom. The van der Waals surface area contributed by atoms with Gasteiger partial charge in [-0.2, -0.15) is 0 Å². The van der Waals surface area contributed by atoms with E-state index in [1.807, 2.05) is 0 Å². The highest BCUT2D eigenvalue weighted by molar-refractivity contribution is 6.02. The number of hydrogen-bond donors (Lipinski definition) is 3. The molecular formula is C11H14N2O4. The molecule has 6 nitrogen and oxygen atoms in total. The van der Waals surface area contributed by atoms with Crippen molar-refractivity contribution in [3.8, 4) is 0 Å². The number of benzene rings is 1. The van der Waals surface area contributed by atoms with Crippen LogP contribution in [0.2, 0.25) is 0 Å². The van der Waals surface area contributed by atoms with E-state index in [2.05, 4.69) is 5.32 Å². The lowest BCUT2D eigenvalue weighted by atomic mass is 10.1. The maximum Gasteiger partial charge on any atom is 0.337 e. The number of carbonyl (C=O) groups is 2. The molecule has 0 spiro atoms. The van der Waals surface area contributed by atoms with Crippen LogP contribution in [0, 0.1) is 0 Å². The van der Waals surface area contributed by atoms with Gasteiger partial charge in [0.25, 0.3) is 5.91 Å². The quantitative estimate of drug-likeness (QED) is 0.677. The van der Waals surface area contributed by atoms with Gasteiger partial charge < -0.3 is 20.9 Å². The van der Waals surface area contributed by atoms with Crippen molar-refractivity contribution in [2.75, 3.05) is 18.2 Å². The Bertz CT molecular complexity index is 445. The molecule has 4 N–H and O–H groups in total. The minimum Gasteiger partial charge on any atom is -0.478 e. The molecule has 0 aliphatic carbocycles. The first kappa shape index (κ1) is 13.0. The molecular weight excluding hydrogens is 224 g/mol. The number of carboxylic acids is 1. The largest absolute Gasteiger partial charge is 0.478 e. The molecule has 1 rings (SSSR count). The van der Waals surface area contributed by atoms with Crippen LogP contribution in [0.3, 0.4) is 0 Å². The Morgan fingerprint density at radius 1 is 1.47 bits per heavy atom. The van der Waals surface area contributed by atoms with Crippen LogP contribution < -0.4 is 11.1 Å². The van der Waals surface area contributed by atoms with Crippen LogP contribution in [0.4, 0.5) is 11.4 Å². The monoisotopic (exact) mass is 238 g/mol. The zero-order valence-electron chi connectivity index (χ0n) is 9.56. The Balaban J connectivity index is 3.00. The van der Waals surface area contributed by atoms with E-state index in [0.29, 0.717) is 5.69 Å². The molecule has 1 amide bonds. The van der Waals surface area contributed by atoms with E-state index >= 15 is 0 Å². The van der Waals surface area contributed by atoms with Crippen molar-refractivity contribution in [2.24, 2.45) is 0 Å². The zero-order chi connectivity index (χ0) is 13.0. The van der Waals surface area contributed by atoms with Crippen LogP contribution in [0.25, 0.3) is 0 Å². The third kappa shape index (κ3) is 3.18. The smallest absolute Gasteiger partial charge is 0.337 e. The van der Waals surface area contributed by atoms with Crippen molar-refractivity contribution in [1.82, 2.24) is 0 Å². The first-order valence-corrected chi connectivity index (χ1v) is 4.92. The van der Waals surface area contributed by atoms with Gasteiger partial charge in [0.2, 0.25) is 0 Å². The van der Waals surface area contributed by atoms with Crippen LogP contribution in [0.1, 0.15) is 17.3 Å². The summed E-state index contributed by atoms with van der Waals surface area (Å²) in [4.78, 5) is 22.5. The number of nitrogens with two attached hydrogens (primary N) is 1. The molecule has 0 heterocycles. The van der Waals surface area contributed by atoms with E-state index < -0.39 is 18.0 Å². The average molecular weight is 238 g/mol. The van der Waals surface area contributed by atoms with E-state index in [1.54, 1.807) is 6.92 Å². The number of ether oxygens (including phenoxy) is 1. The number of aromatic carboxylic acids is 1. The number of carboxylic acid groups (broad SMARTS) is 1. The minimum absolute atomic E-state index is 0.0177. The molecule has 1 atom stereocenters. The van der Waals surface area contributed by atoms with Gasteiger partial charge in [-0.25, -0.2) is 4.79 Å². The van der Waals surface area contributed by atoms with Crippen molar-refractivity contribution >= 4 is 23.3 Å². The number of carbonyl (C=O) groups excluding carboxylic acids is 1. The number of rotatable bonds is 4. The van der Waals surface area contributed by atoms with E-state index in [1.165, 1.54) is 25.3 Å². The minimum atomic E-state index is -1.13. The van der Waals surface area contributed by atoms with Gasteiger partial charge in [0.1, 0.15) is 6.10 Å². The first-order chi connectivity index (χ1) is 7.95. The molecule has 0 saturated carbocycles. The molecule has 0 radical (unpaired) electrons. The molecule has 0 saturated heterocycles. The zero-order valence-corrected chi connectivity index (χ0v) is 9.56. The van der Waals surface area contributed by atoms with E-state index in [4.69, 9.17) is 15.6 Å². The molecule has 0 bridgehead atoms. The van der Waals surface area contributed by atoms with Crippen LogP contribution in [0.15, 0.2) is 18.2 Å². The second kappa shape index (κ2) is 5.31. The van der Waals surface area contributed by atoms with Crippen molar-refractivity contribution < 1.29 is 19.4 Å². The predicted octanol–water partition coefficient (Wildman–Crippen LogP) is 0.940. The lowest BCUT2D eigenvalue weighted by molar-refractivity contribution is -0.124. The maximum absolute atomic E-state index is 11.6. The number of methoxy groups -OCH3 is 1. The lowest BCUT2D eigenvalue weighted by Crippen LogP contribution is -2.27. The highest BCUT2D eigenvalue weighted by Crippen LogP contribution is 2.19. The lowest BCUT2D eigenvalue weighted by Gasteiger charge is -2.12. The summed E-state index contributed by atoms with van der Waals surface area (Å²) in [5.41, 5.74) is 6.05.